The summed E-state index contributed by atoms with van der Waals surface area (Å²) in [5, 5.41) is 0. The summed E-state index contributed by atoms with van der Waals surface area (Å²) >= 11 is 0. The SMILES string of the molecule is CCc1nc(C(=O)OC)c(N)n1CCCCN(C)C. The van der Waals surface area contributed by atoms with Gasteiger partial charge in [-0.2, -0.15) is 0 Å². The molecule has 0 amide bonds. The normalized spacial score (nSPS) is 11.0. The molecule has 0 aliphatic carbocycles. The second-order valence-corrected chi connectivity index (χ2v) is 4.77. The van der Waals surface area contributed by atoms with Crippen LogP contribution in [0, 0.1) is 0 Å². The van der Waals surface area contributed by atoms with Crippen molar-refractivity contribution in [2.75, 3.05) is 33.5 Å². The summed E-state index contributed by atoms with van der Waals surface area (Å²) in [5.74, 6) is 0.774. The number of methoxy groups -OCH3 is 1. The molecule has 2 N–H and O–H groups in total. The number of nitrogens with two attached hydrogens (primary N) is 1. The van der Waals surface area contributed by atoms with Crippen molar-refractivity contribution < 1.29 is 9.53 Å². The average molecular weight is 268 g/mol. The van der Waals surface area contributed by atoms with Crippen LogP contribution in [0.25, 0.3) is 0 Å². The molecule has 108 valence electrons. The summed E-state index contributed by atoms with van der Waals surface area (Å²) in [7, 11) is 5.44. The molecule has 0 bridgehead atoms. The van der Waals surface area contributed by atoms with E-state index >= 15 is 0 Å². The van der Waals surface area contributed by atoms with Gasteiger partial charge in [0.05, 0.1) is 7.11 Å². The van der Waals surface area contributed by atoms with Crippen molar-refractivity contribution in [2.45, 2.75) is 32.7 Å². The summed E-state index contributed by atoms with van der Waals surface area (Å²) in [6, 6.07) is 0. The van der Waals surface area contributed by atoms with Crippen LogP contribution in [-0.2, 0) is 17.7 Å². The van der Waals surface area contributed by atoms with E-state index < -0.39 is 5.97 Å². The van der Waals surface area contributed by atoms with Gasteiger partial charge in [-0.05, 0) is 33.5 Å². The average Bonchev–Trinajstić information content (AvgIpc) is 2.70. The molecule has 1 aromatic rings. The molecule has 0 spiro atoms. The molecule has 1 heterocycles. The minimum atomic E-state index is -0.473. The van der Waals surface area contributed by atoms with Gasteiger partial charge in [-0.15, -0.1) is 0 Å². The molecular formula is C13H24N4O2. The highest BCUT2D eigenvalue weighted by Crippen LogP contribution is 2.17. The number of aromatic nitrogens is 2. The third-order valence-electron chi connectivity index (χ3n) is 3.02. The highest BCUT2D eigenvalue weighted by molar-refractivity contribution is 5.92. The lowest BCUT2D eigenvalue weighted by molar-refractivity contribution is 0.0595. The molecule has 6 heteroatoms. The van der Waals surface area contributed by atoms with Crippen molar-refractivity contribution in [3.8, 4) is 0 Å². The van der Waals surface area contributed by atoms with Gasteiger partial charge in [0.1, 0.15) is 11.6 Å². The van der Waals surface area contributed by atoms with Gasteiger partial charge in [-0.3, -0.25) is 0 Å². The Morgan fingerprint density at radius 1 is 1.42 bits per heavy atom. The Hall–Kier alpha value is -1.56. The lowest BCUT2D eigenvalue weighted by atomic mass is 10.3. The second kappa shape index (κ2) is 7.13. The van der Waals surface area contributed by atoms with Crippen molar-refractivity contribution in [1.82, 2.24) is 14.5 Å². The molecule has 0 aromatic carbocycles. The maximum absolute atomic E-state index is 11.6. The van der Waals surface area contributed by atoms with Crippen LogP contribution >= 0.6 is 0 Å². The van der Waals surface area contributed by atoms with E-state index in [2.05, 4.69) is 28.7 Å². The van der Waals surface area contributed by atoms with E-state index in [0.29, 0.717) is 5.82 Å². The first-order chi connectivity index (χ1) is 9.01. The molecule has 0 saturated heterocycles. The molecule has 1 rings (SSSR count). The molecule has 0 fully saturated rings. The van der Waals surface area contributed by atoms with E-state index in [4.69, 9.17) is 5.73 Å². The molecule has 0 saturated carbocycles. The molecule has 0 aliphatic rings. The zero-order chi connectivity index (χ0) is 14.4. The Kier molecular flexibility index (Phi) is 5.82. The summed E-state index contributed by atoms with van der Waals surface area (Å²) in [6.45, 7) is 3.83. The summed E-state index contributed by atoms with van der Waals surface area (Å²) in [4.78, 5) is 18.0. The number of carbonyl (C=O) groups excluding carboxylic acids is 1. The number of imidazole rings is 1. The largest absolute Gasteiger partial charge is 0.464 e. The topological polar surface area (TPSA) is 73.4 Å². The van der Waals surface area contributed by atoms with Gasteiger partial charge >= 0.3 is 5.97 Å². The second-order valence-electron chi connectivity index (χ2n) is 4.77. The van der Waals surface area contributed by atoms with Crippen LogP contribution in [0.4, 0.5) is 5.82 Å². The number of nitrogens with zero attached hydrogens (tertiary/aromatic N) is 3. The van der Waals surface area contributed by atoms with Crippen LogP contribution in [0.1, 0.15) is 36.1 Å². The smallest absolute Gasteiger partial charge is 0.360 e. The number of unbranched alkanes of at least 4 members (excludes halogenated alkanes) is 1. The van der Waals surface area contributed by atoms with Crippen molar-refractivity contribution in [2.24, 2.45) is 0 Å². The third-order valence-corrected chi connectivity index (χ3v) is 3.02. The van der Waals surface area contributed by atoms with Gasteiger partial charge < -0.3 is 19.9 Å². The van der Waals surface area contributed by atoms with Crippen molar-refractivity contribution in [3.63, 3.8) is 0 Å². The summed E-state index contributed by atoms with van der Waals surface area (Å²) in [6.07, 6.45) is 2.84. The van der Waals surface area contributed by atoms with Gasteiger partial charge in [0, 0.05) is 13.0 Å². The maximum atomic E-state index is 11.6. The Labute approximate surface area is 114 Å². The number of rotatable bonds is 7. The van der Waals surface area contributed by atoms with E-state index in [-0.39, 0.29) is 5.69 Å². The van der Waals surface area contributed by atoms with Gasteiger partial charge in [-0.1, -0.05) is 6.92 Å². The first-order valence-corrected chi connectivity index (χ1v) is 6.59. The van der Waals surface area contributed by atoms with Gasteiger partial charge in [-0.25, -0.2) is 9.78 Å². The Morgan fingerprint density at radius 2 is 2.11 bits per heavy atom. The van der Waals surface area contributed by atoms with Gasteiger partial charge in [0.15, 0.2) is 5.69 Å². The number of anilines is 1. The maximum Gasteiger partial charge on any atom is 0.360 e. The standard InChI is InChI=1S/C13H24N4O2/c1-5-10-15-11(13(18)19-4)12(14)17(10)9-7-6-8-16(2)3/h5-9,14H2,1-4H3. The molecule has 0 atom stereocenters. The molecule has 19 heavy (non-hydrogen) atoms. The summed E-state index contributed by atoms with van der Waals surface area (Å²) in [5.41, 5.74) is 6.22. The number of hydrogen-bond acceptors (Lipinski definition) is 5. The molecule has 0 unspecified atom stereocenters. The van der Waals surface area contributed by atoms with E-state index in [0.717, 1.165) is 38.2 Å². The van der Waals surface area contributed by atoms with Gasteiger partial charge in [0.25, 0.3) is 0 Å². The quantitative estimate of drug-likeness (QED) is 0.593. The van der Waals surface area contributed by atoms with E-state index in [1.807, 2.05) is 11.5 Å². The van der Waals surface area contributed by atoms with E-state index in [1.54, 1.807) is 0 Å². The Bertz CT molecular complexity index is 427. The molecule has 0 radical (unpaired) electrons. The lowest BCUT2D eigenvalue weighted by Crippen LogP contribution is -2.14. The highest BCUT2D eigenvalue weighted by atomic mass is 16.5. The molecular weight excluding hydrogens is 244 g/mol. The number of carbonyl (C=O) groups is 1. The summed E-state index contributed by atoms with van der Waals surface area (Å²) < 4.78 is 6.60. The van der Waals surface area contributed by atoms with Crippen LogP contribution in [0.15, 0.2) is 0 Å². The first kappa shape index (κ1) is 15.5. The van der Waals surface area contributed by atoms with Crippen molar-refractivity contribution in [1.29, 1.82) is 0 Å². The molecule has 6 nitrogen and oxygen atoms in total. The first-order valence-electron chi connectivity index (χ1n) is 6.59. The van der Waals surface area contributed by atoms with Crippen LogP contribution in [0.3, 0.4) is 0 Å². The van der Waals surface area contributed by atoms with Crippen molar-refractivity contribution >= 4 is 11.8 Å². The van der Waals surface area contributed by atoms with E-state index in [1.165, 1.54) is 7.11 Å². The number of ether oxygens (including phenoxy) is 1. The lowest BCUT2D eigenvalue weighted by Gasteiger charge is -2.11. The zero-order valence-electron chi connectivity index (χ0n) is 12.3. The predicted molar refractivity (Wildman–Crippen MR) is 75.1 cm³/mol. The van der Waals surface area contributed by atoms with E-state index in [9.17, 15) is 4.79 Å². The number of esters is 1. The van der Waals surface area contributed by atoms with Crippen LogP contribution in [0.5, 0.6) is 0 Å². The fourth-order valence-corrected chi connectivity index (χ4v) is 1.98. The number of aryl methyl sites for hydroxylation is 1. The highest BCUT2D eigenvalue weighted by Gasteiger charge is 2.19. The molecule has 0 aliphatic heterocycles. The van der Waals surface area contributed by atoms with Crippen molar-refractivity contribution in [3.05, 3.63) is 11.5 Å². The Morgan fingerprint density at radius 3 is 2.63 bits per heavy atom. The van der Waals surface area contributed by atoms with Gasteiger partial charge in [0.2, 0.25) is 0 Å². The zero-order valence-corrected chi connectivity index (χ0v) is 12.3. The molecule has 1 aromatic heterocycles. The van der Waals surface area contributed by atoms with Crippen LogP contribution in [-0.4, -0.2) is 48.2 Å². The third kappa shape index (κ3) is 3.96. The predicted octanol–water partition coefficient (Wildman–Crippen LogP) is 1.16. The Balaban J connectivity index is 2.76. The van der Waals surface area contributed by atoms with Crippen LogP contribution in [0.2, 0.25) is 0 Å². The monoisotopic (exact) mass is 268 g/mol. The minimum absolute atomic E-state index is 0.229. The fourth-order valence-electron chi connectivity index (χ4n) is 1.98. The fraction of sp³-hybridized carbons (Fsp3) is 0.692. The minimum Gasteiger partial charge on any atom is -0.464 e. The number of nitrogen functional groups attached to an aromatic ring is 1. The number of hydrogen-bond donors (Lipinski definition) is 1. The van der Waals surface area contributed by atoms with Crippen LogP contribution < -0.4 is 5.73 Å².